The molecular weight excluding hydrogens is 280 g/mol. The molecule has 0 atom stereocenters. The summed E-state index contributed by atoms with van der Waals surface area (Å²) in [4.78, 5) is 22.6. The number of carbonyl (C=O) groups is 2. The number of aromatic carboxylic acids is 1. The third-order valence-electron chi connectivity index (χ3n) is 2.53. The van der Waals surface area contributed by atoms with Crippen molar-refractivity contribution >= 4 is 28.5 Å². The SMILES string of the molecule is O=C(NCCc1ccccc1C(=O)O)Nc1cnns1. The first-order valence-electron chi connectivity index (χ1n) is 5.80. The molecule has 0 spiro atoms. The molecule has 0 aliphatic heterocycles. The Morgan fingerprint density at radius 2 is 2.10 bits per heavy atom. The molecule has 0 bridgehead atoms. The van der Waals surface area contributed by atoms with Gasteiger partial charge in [-0.15, -0.1) is 5.10 Å². The van der Waals surface area contributed by atoms with Crippen LogP contribution in [0.2, 0.25) is 0 Å². The summed E-state index contributed by atoms with van der Waals surface area (Å²) >= 11 is 1.08. The highest BCUT2D eigenvalue weighted by Gasteiger charge is 2.09. The molecule has 0 radical (unpaired) electrons. The largest absolute Gasteiger partial charge is 0.478 e. The van der Waals surface area contributed by atoms with E-state index in [9.17, 15) is 9.59 Å². The minimum absolute atomic E-state index is 0.251. The maximum absolute atomic E-state index is 11.5. The van der Waals surface area contributed by atoms with E-state index in [4.69, 9.17) is 5.11 Å². The Hall–Kier alpha value is -2.48. The Bertz CT molecular complexity index is 601. The first-order valence-corrected chi connectivity index (χ1v) is 6.57. The van der Waals surface area contributed by atoms with Gasteiger partial charge in [-0.3, -0.25) is 5.32 Å². The van der Waals surface area contributed by atoms with Crippen LogP contribution in [-0.2, 0) is 6.42 Å². The molecule has 2 aromatic rings. The Kier molecular flexibility index (Phi) is 4.61. The average molecular weight is 292 g/mol. The second-order valence-electron chi connectivity index (χ2n) is 3.87. The van der Waals surface area contributed by atoms with Gasteiger partial charge in [0.2, 0.25) is 0 Å². The molecule has 2 amide bonds. The quantitative estimate of drug-likeness (QED) is 0.776. The number of hydrogen-bond acceptors (Lipinski definition) is 5. The number of urea groups is 1. The van der Waals surface area contributed by atoms with Crippen LogP contribution in [0.15, 0.2) is 30.5 Å². The molecule has 0 aliphatic carbocycles. The number of hydrogen-bond donors (Lipinski definition) is 3. The first kappa shape index (κ1) is 13.9. The average Bonchev–Trinajstić information content (AvgIpc) is 2.92. The van der Waals surface area contributed by atoms with Crippen molar-refractivity contribution in [3.8, 4) is 0 Å². The summed E-state index contributed by atoms with van der Waals surface area (Å²) < 4.78 is 3.62. The van der Waals surface area contributed by atoms with E-state index in [1.807, 2.05) is 0 Å². The molecule has 0 aliphatic rings. The van der Waals surface area contributed by atoms with Gasteiger partial charge in [0, 0.05) is 18.1 Å². The van der Waals surface area contributed by atoms with Crippen molar-refractivity contribution in [2.75, 3.05) is 11.9 Å². The smallest absolute Gasteiger partial charge is 0.335 e. The zero-order valence-electron chi connectivity index (χ0n) is 10.4. The van der Waals surface area contributed by atoms with Crippen LogP contribution in [0.4, 0.5) is 9.80 Å². The lowest BCUT2D eigenvalue weighted by Crippen LogP contribution is -2.30. The van der Waals surface area contributed by atoms with Crippen LogP contribution in [0.1, 0.15) is 15.9 Å². The molecule has 1 aromatic carbocycles. The number of benzene rings is 1. The number of aromatic nitrogens is 2. The number of rotatable bonds is 5. The molecule has 1 heterocycles. The van der Waals surface area contributed by atoms with E-state index >= 15 is 0 Å². The third-order valence-corrected chi connectivity index (χ3v) is 3.11. The Labute approximate surface area is 118 Å². The van der Waals surface area contributed by atoms with E-state index in [2.05, 4.69) is 20.2 Å². The summed E-state index contributed by atoms with van der Waals surface area (Å²) in [5.41, 5.74) is 0.932. The summed E-state index contributed by atoms with van der Waals surface area (Å²) in [6.07, 6.45) is 1.89. The van der Waals surface area contributed by atoms with Crippen LogP contribution in [0.25, 0.3) is 0 Å². The fraction of sp³-hybridized carbons (Fsp3) is 0.167. The van der Waals surface area contributed by atoms with Crippen LogP contribution in [-0.4, -0.2) is 33.2 Å². The number of carbonyl (C=O) groups excluding carboxylic acids is 1. The predicted octanol–water partition coefficient (Wildman–Crippen LogP) is 1.60. The molecule has 3 N–H and O–H groups in total. The molecular formula is C12H12N4O3S. The van der Waals surface area contributed by atoms with Gasteiger partial charge >= 0.3 is 12.0 Å². The van der Waals surface area contributed by atoms with Crippen molar-refractivity contribution in [2.24, 2.45) is 0 Å². The highest BCUT2D eigenvalue weighted by Crippen LogP contribution is 2.10. The molecule has 20 heavy (non-hydrogen) atoms. The van der Waals surface area contributed by atoms with E-state index in [-0.39, 0.29) is 11.6 Å². The molecule has 7 nitrogen and oxygen atoms in total. The Balaban J connectivity index is 1.84. The van der Waals surface area contributed by atoms with Crippen molar-refractivity contribution in [1.82, 2.24) is 14.9 Å². The maximum Gasteiger partial charge on any atom is 0.335 e. The fourth-order valence-electron chi connectivity index (χ4n) is 1.64. The monoisotopic (exact) mass is 292 g/mol. The first-order chi connectivity index (χ1) is 9.66. The molecule has 0 saturated heterocycles. The fourth-order valence-corrected chi connectivity index (χ4v) is 2.05. The van der Waals surface area contributed by atoms with E-state index in [1.54, 1.807) is 24.3 Å². The molecule has 8 heteroatoms. The molecule has 1 aromatic heterocycles. The third kappa shape index (κ3) is 3.75. The Morgan fingerprint density at radius 1 is 1.30 bits per heavy atom. The van der Waals surface area contributed by atoms with Crippen LogP contribution in [0.5, 0.6) is 0 Å². The highest BCUT2D eigenvalue weighted by molar-refractivity contribution is 7.10. The number of anilines is 1. The molecule has 0 unspecified atom stereocenters. The Morgan fingerprint density at radius 3 is 2.80 bits per heavy atom. The summed E-state index contributed by atoms with van der Waals surface area (Å²) in [5.74, 6) is -0.971. The van der Waals surface area contributed by atoms with Crippen LogP contribution in [0, 0.1) is 0 Å². The molecule has 104 valence electrons. The molecule has 2 rings (SSSR count). The van der Waals surface area contributed by atoms with Gasteiger partial charge in [-0.1, -0.05) is 22.7 Å². The lowest BCUT2D eigenvalue weighted by Gasteiger charge is -2.07. The van der Waals surface area contributed by atoms with Gasteiger partial charge in [-0.05, 0) is 18.1 Å². The normalized spacial score (nSPS) is 10.0. The van der Waals surface area contributed by atoms with E-state index in [0.717, 1.165) is 11.5 Å². The second-order valence-corrected chi connectivity index (χ2v) is 4.66. The maximum atomic E-state index is 11.5. The highest BCUT2D eigenvalue weighted by atomic mass is 32.1. The zero-order chi connectivity index (χ0) is 14.4. The molecule has 0 saturated carbocycles. The predicted molar refractivity (Wildman–Crippen MR) is 74.0 cm³/mol. The van der Waals surface area contributed by atoms with Crippen LogP contribution in [0.3, 0.4) is 0 Å². The summed E-state index contributed by atoms with van der Waals surface area (Å²) in [7, 11) is 0. The van der Waals surface area contributed by atoms with E-state index in [1.165, 1.54) is 6.20 Å². The number of carboxylic acids is 1. The zero-order valence-corrected chi connectivity index (χ0v) is 11.2. The number of carboxylic acid groups (broad SMARTS) is 1. The van der Waals surface area contributed by atoms with Crippen molar-refractivity contribution < 1.29 is 14.7 Å². The van der Waals surface area contributed by atoms with Crippen molar-refractivity contribution in [2.45, 2.75) is 6.42 Å². The van der Waals surface area contributed by atoms with E-state index in [0.29, 0.717) is 23.5 Å². The number of nitrogens with zero attached hydrogens (tertiary/aromatic N) is 2. The summed E-state index contributed by atoms with van der Waals surface area (Å²) in [6.45, 7) is 0.336. The number of amides is 2. The topological polar surface area (TPSA) is 104 Å². The lowest BCUT2D eigenvalue weighted by molar-refractivity contribution is 0.0695. The number of nitrogens with one attached hydrogen (secondary N) is 2. The second kappa shape index (κ2) is 6.62. The summed E-state index contributed by atoms with van der Waals surface area (Å²) in [6, 6.07) is 6.34. The van der Waals surface area contributed by atoms with Gasteiger partial charge in [0.25, 0.3) is 0 Å². The van der Waals surface area contributed by atoms with Gasteiger partial charge in [-0.2, -0.15) is 0 Å². The minimum Gasteiger partial charge on any atom is -0.478 e. The van der Waals surface area contributed by atoms with Crippen LogP contribution >= 0.6 is 11.5 Å². The van der Waals surface area contributed by atoms with Gasteiger partial charge in [0.1, 0.15) is 5.00 Å². The standard InChI is InChI=1S/C12H12N4O3S/c17-11(18)9-4-2-1-3-8(9)5-6-13-12(19)15-10-7-14-16-20-10/h1-4,7H,5-6H2,(H,17,18)(H2,13,15,19). The lowest BCUT2D eigenvalue weighted by atomic mass is 10.0. The summed E-state index contributed by atoms with van der Waals surface area (Å²) in [5, 5.41) is 18.4. The van der Waals surface area contributed by atoms with Crippen molar-refractivity contribution in [3.63, 3.8) is 0 Å². The van der Waals surface area contributed by atoms with Gasteiger partial charge in [-0.25, -0.2) is 9.59 Å². The van der Waals surface area contributed by atoms with E-state index < -0.39 is 5.97 Å². The van der Waals surface area contributed by atoms with Gasteiger partial charge < -0.3 is 10.4 Å². The van der Waals surface area contributed by atoms with Gasteiger partial charge in [0.05, 0.1) is 11.8 Å². The van der Waals surface area contributed by atoms with Crippen molar-refractivity contribution in [1.29, 1.82) is 0 Å². The van der Waals surface area contributed by atoms with Crippen LogP contribution < -0.4 is 10.6 Å². The van der Waals surface area contributed by atoms with Gasteiger partial charge in [0.15, 0.2) is 0 Å². The molecule has 0 fully saturated rings. The minimum atomic E-state index is -0.971. The van der Waals surface area contributed by atoms with Crippen molar-refractivity contribution in [3.05, 3.63) is 41.6 Å².